The van der Waals surface area contributed by atoms with E-state index in [-0.39, 0.29) is 5.92 Å². The highest BCUT2D eigenvalue weighted by Gasteiger charge is 2.38. The summed E-state index contributed by atoms with van der Waals surface area (Å²) in [4.78, 5) is 20.0. The molecule has 1 aliphatic carbocycles. The first kappa shape index (κ1) is 22.9. The van der Waals surface area contributed by atoms with E-state index in [1.807, 2.05) is 6.07 Å². The smallest absolute Gasteiger partial charge is 0.223 e. The number of aryl methyl sites for hydroxylation is 1. The Morgan fingerprint density at radius 2 is 1.85 bits per heavy atom. The molecule has 2 heterocycles. The average Bonchev–Trinajstić information content (AvgIpc) is 3.60. The number of amides is 1. The number of aromatic nitrogens is 2. The molecule has 2 fully saturated rings. The van der Waals surface area contributed by atoms with Crippen molar-refractivity contribution in [2.75, 3.05) is 13.2 Å². The fraction of sp³-hybridized carbons (Fsp3) is 0.517. The van der Waals surface area contributed by atoms with Gasteiger partial charge in [-0.2, -0.15) is 0 Å². The van der Waals surface area contributed by atoms with E-state index in [1.165, 1.54) is 18.4 Å². The van der Waals surface area contributed by atoms with Crippen molar-refractivity contribution < 1.29 is 9.53 Å². The summed E-state index contributed by atoms with van der Waals surface area (Å²) in [6, 6.07) is 17.3. The van der Waals surface area contributed by atoms with E-state index in [0.29, 0.717) is 30.9 Å². The van der Waals surface area contributed by atoms with Gasteiger partial charge in [0.25, 0.3) is 0 Å². The number of carbonyl (C=O) groups is 1. The van der Waals surface area contributed by atoms with Gasteiger partial charge in [0.05, 0.1) is 17.6 Å². The van der Waals surface area contributed by atoms with Gasteiger partial charge >= 0.3 is 0 Å². The molecule has 180 valence electrons. The Bertz CT molecular complexity index is 1110. The number of ether oxygens (including phenoxy) is 1. The minimum Gasteiger partial charge on any atom is -0.494 e. The molecule has 1 saturated carbocycles. The van der Waals surface area contributed by atoms with Gasteiger partial charge in [-0.25, -0.2) is 4.98 Å². The van der Waals surface area contributed by atoms with E-state index < -0.39 is 0 Å². The molecule has 5 rings (SSSR count). The molecule has 2 unspecified atom stereocenters. The van der Waals surface area contributed by atoms with E-state index in [4.69, 9.17) is 9.72 Å². The minimum absolute atomic E-state index is 0.175. The first-order chi connectivity index (χ1) is 16.6. The highest BCUT2D eigenvalue weighted by Crippen LogP contribution is 2.35. The Morgan fingerprint density at radius 3 is 2.62 bits per heavy atom. The van der Waals surface area contributed by atoms with Gasteiger partial charge in [-0.3, -0.25) is 4.79 Å². The molecule has 5 heteroatoms. The van der Waals surface area contributed by atoms with Crippen LogP contribution in [0.2, 0.25) is 0 Å². The van der Waals surface area contributed by atoms with Crippen LogP contribution in [0.1, 0.15) is 82.0 Å². The van der Waals surface area contributed by atoms with Crippen LogP contribution in [0.15, 0.2) is 48.5 Å². The van der Waals surface area contributed by atoms with Gasteiger partial charge in [0, 0.05) is 31.5 Å². The molecule has 1 saturated heterocycles. The standard InChI is InChI=1S/C29H37N3O2/c1-3-21(2)22-13-15-25(16-14-22)34-18-8-17-31-27-12-7-6-11-26(27)30-29(31)23-19-28(33)32(20-23)24-9-4-5-10-24/h6-7,11-16,21,23-24H,3-5,8-10,17-20H2,1-2H3. The highest BCUT2D eigenvalue weighted by atomic mass is 16.5. The fourth-order valence-electron chi connectivity index (χ4n) is 5.66. The molecule has 0 spiro atoms. The summed E-state index contributed by atoms with van der Waals surface area (Å²) < 4.78 is 8.39. The first-order valence-corrected chi connectivity index (χ1v) is 13.1. The van der Waals surface area contributed by atoms with Crippen LogP contribution in [-0.2, 0) is 11.3 Å². The SMILES string of the molecule is CCC(C)c1ccc(OCCCn2c(C3CC(=O)N(C4CCCC4)C3)nc3ccccc32)cc1. The molecule has 1 aromatic heterocycles. The van der Waals surface area contributed by atoms with Gasteiger partial charge in [0.15, 0.2) is 0 Å². The summed E-state index contributed by atoms with van der Waals surface area (Å²) in [5.74, 6) is 3.05. The molecule has 1 amide bonds. The van der Waals surface area contributed by atoms with Crippen molar-refractivity contribution in [3.63, 3.8) is 0 Å². The number of hydrogen-bond donors (Lipinski definition) is 0. The molecule has 0 radical (unpaired) electrons. The Balaban J connectivity index is 1.26. The predicted octanol–water partition coefficient (Wildman–Crippen LogP) is 6.28. The van der Waals surface area contributed by atoms with Crippen molar-refractivity contribution in [1.29, 1.82) is 0 Å². The van der Waals surface area contributed by atoms with E-state index >= 15 is 0 Å². The molecule has 2 aromatic carbocycles. The maximum atomic E-state index is 12.8. The van der Waals surface area contributed by atoms with Crippen LogP contribution in [-0.4, -0.2) is 39.6 Å². The van der Waals surface area contributed by atoms with Gasteiger partial charge in [0.2, 0.25) is 5.91 Å². The van der Waals surface area contributed by atoms with Crippen LogP contribution >= 0.6 is 0 Å². The van der Waals surface area contributed by atoms with Crippen LogP contribution in [0.25, 0.3) is 11.0 Å². The summed E-state index contributed by atoms with van der Waals surface area (Å²) in [6.45, 7) is 6.79. The van der Waals surface area contributed by atoms with Crippen LogP contribution in [0.4, 0.5) is 0 Å². The van der Waals surface area contributed by atoms with Crippen molar-refractivity contribution in [3.05, 3.63) is 59.9 Å². The highest BCUT2D eigenvalue weighted by molar-refractivity contribution is 5.81. The van der Waals surface area contributed by atoms with E-state index in [0.717, 1.165) is 61.4 Å². The molecule has 5 nitrogen and oxygen atoms in total. The van der Waals surface area contributed by atoms with Crippen LogP contribution < -0.4 is 4.74 Å². The zero-order valence-corrected chi connectivity index (χ0v) is 20.6. The Hall–Kier alpha value is -2.82. The molecule has 2 atom stereocenters. The molecular formula is C29H37N3O2. The maximum absolute atomic E-state index is 12.8. The molecular weight excluding hydrogens is 422 g/mol. The summed E-state index contributed by atoms with van der Waals surface area (Å²) in [5.41, 5.74) is 3.54. The molecule has 34 heavy (non-hydrogen) atoms. The van der Waals surface area contributed by atoms with Crippen LogP contribution in [0.5, 0.6) is 5.75 Å². The summed E-state index contributed by atoms with van der Waals surface area (Å²) >= 11 is 0. The van der Waals surface area contributed by atoms with Crippen LogP contribution in [0, 0.1) is 0 Å². The molecule has 2 aliphatic rings. The number of imidazole rings is 1. The van der Waals surface area contributed by atoms with E-state index in [9.17, 15) is 4.79 Å². The van der Waals surface area contributed by atoms with Gasteiger partial charge in [-0.15, -0.1) is 0 Å². The normalized spacial score (nSPS) is 19.9. The third-order valence-electron chi connectivity index (χ3n) is 7.83. The van der Waals surface area contributed by atoms with Gasteiger partial charge in [-0.1, -0.05) is 51.0 Å². The number of rotatable bonds is 9. The Kier molecular flexibility index (Phi) is 6.89. The summed E-state index contributed by atoms with van der Waals surface area (Å²) in [5, 5.41) is 0. The van der Waals surface area contributed by atoms with Gasteiger partial charge < -0.3 is 14.2 Å². The summed E-state index contributed by atoms with van der Waals surface area (Å²) in [7, 11) is 0. The summed E-state index contributed by atoms with van der Waals surface area (Å²) in [6.07, 6.45) is 7.43. The lowest BCUT2D eigenvalue weighted by Gasteiger charge is -2.24. The lowest BCUT2D eigenvalue weighted by Crippen LogP contribution is -2.34. The van der Waals surface area contributed by atoms with Crippen molar-refractivity contribution in [1.82, 2.24) is 14.5 Å². The van der Waals surface area contributed by atoms with Crippen molar-refractivity contribution >= 4 is 16.9 Å². The predicted molar refractivity (Wildman–Crippen MR) is 136 cm³/mol. The van der Waals surface area contributed by atoms with Crippen molar-refractivity contribution in [2.24, 2.45) is 0 Å². The number of fused-ring (bicyclic) bond motifs is 1. The second-order valence-corrected chi connectivity index (χ2v) is 10.1. The Morgan fingerprint density at radius 1 is 1.09 bits per heavy atom. The minimum atomic E-state index is 0.175. The van der Waals surface area contributed by atoms with Crippen molar-refractivity contribution in [3.8, 4) is 5.75 Å². The van der Waals surface area contributed by atoms with Gasteiger partial charge in [0.1, 0.15) is 11.6 Å². The number of para-hydroxylation sites is 2. The van der Waals surface area contributed by atoms with Crippen molar-refractivity contribution in [2.45, 2.75) is 83.2 Å². The first-order valence-electron chi connectivity index (χ1n) is 13.1. The van der Waals surface area contributed by atoms with E-state index in [2.05, 4.69) is 65.8 Å². The van der Waals surface area contributed by atoms with Gasteiger partial charge in [-0.05, 0) is 61.4 Å². The molecule has 3 aromatic rings. The van der Waals surface area contributed by atoms with E-state index in [1.54, 1.807) is 0 Å². The number of nitrogens with zero attached hydrogens (tertiary/aromatic N) is 3. The zero-order chi connectivity index (χ0) is 23.5. The monoisotopic (exact) mass is 459 g/mol. The third kappa shape index (κ3) is 4.70. The topological polar surface area (TPSA) is 47.4 Å². The average molecular weight is 460 g/mol. The largest absolute Gasteiger partial charge is 0.494 e. The second-order valence-electron chi connectivity index (χ2n) is 10.1. The van der Waals surface area contributed by atoms with Crippen LogP contribution in [0.3, 0.4) is 0 Å². The zero-order valence-electron chi connectivity index (χ0n) is 20.6. The lowest BCUT2D eigenvalue weighted by atomic mass is 9.99. The lowest BCUT2D eigenvalue weighted by molar-refractivity contribution is -0.129. The fourth-order valence-corrected chi connectivity index (χ4v) is 5.66. The number of likely N-dealkylation sites (tertiary alicyclic amines) is 1. The molecule has 0 N–H and O–H groups in total. The number of carbonyl (C=O) groups excluding carboxylic acids is 1. The Labute approximate surface area is 203 Å². The third-order valence-corrected chi connectivity index (χ3v) is 7.83. The quantitative estimate of drug-likeness (QED) is 0.354. The maximum Gasteiger partial charge on any atom is 0.223 e. The number of benzene rings is 2. The molecule has 0 bridgehead atoms. The number of hydrogen-bond acceptors (Lipinski definition) is 3. The second kappa shape index (κ2) is 10.2. The molecule has 1 aliphatic heterocycles.